The highest BCUT2D eigenvalue weighted by atomic mass is 32.1. The van der Waals surface area contributed by atoms with Gasteiger partial charge in [0.15, 0.2) is 0 Å². The lowest BCUT2D eigenvalue weighted by atomic mass is 10.1. The van der Waals surface area contributed by atoms with E-state index >= 15 is 0 Å². The molecule has 126 valence electrons. The number of aromatic nitrogens is 4. The predicted octanol–water partition coefficient (Wildman–Crippen LogP) is 3.39. The fourth-order valence-electron chi connectivity index (χ4n) is 2.75. The van der Waals surface area contributed by atoms with E-state index in [1.54, 1.807) is 15.9 Å². The molecule has 0 aliphatic rings. The Hall–Kier alpha value is -2.77. The van der Waals surface area contributed by atoms with E-state index in [1.807, 2.05) is 47.8 Å². The average Bonchev–Trinajstić information content (AvgIpc) is 3.33. The van der Waals surface area contributed by atoms with Gasteiger partial charge >= 0.3 is 0 Å². The quantitative estimate of drug-likeness (QED) is 0.557. The second-order valence-corrected chi connectivity index (χ2v) is 6.57. The van der Waals surface area contributed by atoms with Crippen LogP contribution in [0.5, 0.6) is 0 Å². The van der Waals surface area contributed by atoms with Crippen LogP contribution in [-0.4, -0.2) is 31.3 Å². The molecule has 4 aromatic rings. The first-order chi connectivity index (χ1) is 12.3. The topological polar surface area (TPSA) is 75.3 Å². The number of fused-ring (bicyclic) bond motifs is 1. The van der Waals surface area contributed by atoms with Crippen molar-refractivity contribution in [2.75, 3.05) is 11.9 Å². The van der Waals surface area contributed by atoms with Crippen molar-refractivity contribution in [3.8, 4) is 11.3 Å². The molecule has 0 fully saturated rings. The summed E-state index contributed by atoms with van der Waals surface area (Å²) < 4.78 is 1.68. The molecule has 0 amide bonds. The fourth-order valence-corrected chi connectivity index (χ4v) is 3.57. The molecule has 0 radical (unpaired) electrons. The van der Waals surface area contributed by atoms with Crippen molar-refractivity contribution in [1.29, 1.82) is 0 Å². The molecule has 0 bridgehead atoms. The molecule has 2 N–H and O–H groups in total. The second kappa shape index (κ2) is 7.00. The molecule has 0 saturated heterocycles. The number of hydrogen-bond acceptors (Lipinski definition) is 6. The summed E-state index contributed by atoms with van der Waals surface area (Å²) in [5.41, 5.74) is 1.85. The van der Waals surface area contributed by atoms with Crippen molar-refractivity contribution in [2.45, 2.75) is 12.5 Å². The lowest BCUT2D eigenvalue weighted by molar-refractivity contribution is 0.280. The van der Waals surface area contributed by atoms with Gasteiger partial charge in [0.1, 0.15) is 12.1 Å². The Morgan fingerprint density at radius 3 is 2.80 bits per heavy atom. The van der Waals surface area contributed by atoms with Crippen LogP contribution in [-0.2, 0) is 0 Å². The average molecular weight is 351 g/mol. The Morgan fingerprint density at radius 1 is 1.16 bits per heavy atom. The minimum Gasteiger partial charge on any atom is -0.396 e. The zero-order chi connectivity index (χ0) is 17.1. The van der Waals surface area contributed by atoms with E-state index in [2.05, 4.69) is 26.4 Å². The molecule has 0 spiro atoms. The van der Waals surface area contributed by atoms with Gasteiger partial charge < -0.3 is 10.4 Å². The Bertz CT molecular complexity index is 952. The fraction of sp³-hybridized carbons (Fsp3) is 0.167. The normalized spacial score (nSPS) is 12.4. The van der Waals surface area contributed by atoms with Gasteiger partial charge in [-0.1, -0.05) is 36.4 Å². The number of aliphatic hydroxyl groups is 1. The molecule has 1 aromatic carbocycles. The number of hydrogen-bond donors (Lipinski definition) is 2. The Labute approximate surface area is 148 Å². The van der Waals surface area contributed by atoms with Crippen LogP contribution in [0.4, 0.5) is 5.82 Å². The van der Waals surface area contributed by atoms with E-state index in [-0.39, 0.29) is 12.6 Å². The van der Waals surface area contributed by atoms with Gasteiger partial charge in [0.25, 0.3) is 5.78 Å². The Morgan fingerprint density at radius 2 is 2.04 bits per heavy atom. The number of benzene rings is 1. The van der Waals surface area contributed by atoms with Crippen LogP contribution >= 0.6 is 11.3 Å². The van der Waals surface area contributed by atoms with Gasteiger partial charge in [-0.25, -0.2) is 4.98 Å². The van der Waals surface area contributed by atoms with Crippen molar-refractivity contribution < 1.29 is 5.11 Å². The third-order valence-electron chi connectivity index (χ3n) is 3.95. The monoisotopic (exact) mass is 351 g/mol. The molecule has 3 aromatic heterocycles. The van der Waals surface area contributed by atoms with Gasteiger partial charge in [-0.3, -0.25) is 0 Å². The first-order valence-electron chi connectivity index (χ1n) is 8.02. The highest BCUT2D eigenvalue weighted by molar-refractivity contribution is 7.10. The molecule has 0 aliphatic heterocycles. The third kappa shape index (κ3) is 3.24. The Balaban J connectivity index is 1.76. The van der Waals surface area contributed by atoms with Gasteiger partial charge in [0.05, 0.1) is 11.7 Å². The van der Waals surface area contributed by atoms with Crippen LogP contribution in [0.1, 0.15) is 17.3 Å². The SMILES string of the molecule is OCCC(Nc1cc(-c2ccccc2)nc2ncnn12)c1cccs1. The van der Waals surface area contributed by atoms with E-state index in [0.717, 1.165) is 17.1 Å². The number of thiophene rings is 1. The summed E-state index contributed by atoms with van der Waals surface area (Å²) in [6, 6.07) is 16.0. The molecule has 25 heavy (non-hydrogen) atoms. The maximum atomic E-state index is 9.44. The summed E-state index contributed by atoms with van der Waals surface area (Å²) in [6.07, 6.45) is 2.11. The highest BCUT2D eigenvalue weighted by Crippen LogP contribution is 2.28. The summed E-state index contributed by atoms with van der Waals surface area (Å²) in [6.45, 7) is 0.104. The van der Waals surface area contributed by atoms with Crippen molar-refractivity contribution in [3.05, 3.63) is 65.1 Å². The van der Waals surface area contributed by atoms with E-state index in [1.165, 1.54) is 11.2 Å². The number of rotatable bonds is 6. The zero-order valence-corrected chi connectivity index (χ0v) is 14.2. The van der Waals surface area contributed by atoms with Crippen molar-refractivity contribution in [1.82, 2.24) is 19.6 Å². The molecule has 4 rings (SSSR count). The summed E-state index contributed by atoms with van der Waals surface area (Å²) in [4.78, 5) is 9.99. The Kier molecular flexibility index (Phi) is 4.41. The van der Waals surface area contributed by atoms with Gasteiger partial charge in [0.2, 0.25) is 0 Å². The molecule has 0 saturated carbocycles. The predicted molar refractivity (Wildman–Crippen MR) is 98.6 cm³/mol. The number of anilines is 1. The first-order valence-corrected chi connectivity index (χ1v) is 8.90. The van der Waals surface area contributed by atoms with Crippen molar-refractivity contribution in [2.24, 2.45) is 0 Å². The largest absolute Gasteiger partial charge is 0.396 e. The standard InChI is InChI=1S/C18H17N5OS/c24-9-8-14(16-7-4-10-25-16)21-17-11-15(13-5-2-1-3-6-13)22-18-19-12-20-23(17)18/h1-7,10-12,14,21,24H,8-9H2. The third-order valence-corrected chi connectivity index (χ3v) is 4.93. The van der Waals surface area contributed by atoms with Crippen molar-refractivity contribution in [3.63, 3.8) is 0 Å². The number of nitrogens with zero attached hydrogens (tertiary/aromatic N) is 4. The lowest BCUT2D eigenvalue weighted by Gasteiger charge is -2.18. The summed E-state index contributed by atoms with van der Waals surface area (Å²) in [5, 5.41) is 19.2. The number of aliphatic hydroxyl groups excluding tert-OH is 1. The molecule has 7 heteroatoms. The molecular weight excluding hydrogens is 334 g/mol. The van der Waals surface area contributed by atoms with Gasteiger partial charge in [-0.2, -0.15) is 14.6 Å². The first kappa shape index (κ1) is 15.7. The minimum atomic E-state index is 0.00317. The molecule has 1 unspecified atom stereocenters. The van der Waals surface area contributed by atoms with Crippen molar-refractivity contribution >= 4 is 22.9 Å². The molecular formula is C18H17N5OS. The van der Waals surface area contributed by atoms with Crippen LogP contribution in [0.25, 0.3) is 17.0 Å². The highest BCUT2D eigenvalue weighted by Gasteiger charge is 2.16. The van der Waals surface area contributed by atoms with E-state index in [9.17, 15) is 5.11 Å². The molecule has 1 atom stereocenters. The summed E-state index contributed by atoms with van der Waals surface area (Å²) in [5.74, 6) is 1.34. The van der Waals surface area contributed by atoms with Crippen LogP contribution < -0.4 is 5.32 Å². The van der Waals surface area contributed by atoms with Crippen LogP contribution in [0.15, 0.2) is 60.2 Å². The minimum absolute atomic E-state index is 0.00317. The van der Waals surface area contributed by atoms with E-state index < -0.39 is 0 Å². The van der Waals surface area contributed by atoms with E-state index in [4.69, 9.17) is 0 Å². The molecule has 3 heterocycles. The van der Waals surface area contributed by atoms with Gasteiger partial charge in [-0.15, -0.1) is 11.3 Å². The number of nitrogens with one attached hydrogen (secondary N) is 1. The van der Waals surface area contributed by atoms with Crippen LogP contribution in [0.3, 0.4) is 0 Å². The van der Waals surface area contributed by atoms with Crippen LogP contribution in [0.2, 0.25) is 0 Å². The maximum absolute atomic E-state index is 9.44. The second-order valence-electron chi connectivity index (χ2n) is 5.59. The zero-order valence-electron chi connectivity index (χ0n) is 13.4. The molecule has 6 nitrogen and oxygen atoms in total. The lowest BCUT2D eigenvalue weighted by Crippen LogP contribution is -2.14. The van der Waals surface area contributed by atoms with Gasteiger partial charge in [-0.05, 0) is 17.9 Å². The summed E-state index contributed by atoms with van der Waals surface area (Å²) >= 11 is 1.66. The maximum Gasteiger partial charge on any atom is 0.254 e. The summed E-state index contributed by atoms with van der Waals surface area (Å²) in [7, 11) is 0. The van der Waals surface area contributed by atoms with Crippen LogP contribution in [0, 0.1) is 0 Å². The smallest absolute Gasteiger partial charge is 0.254 e. The van der Waals surface area contributed by atoms with E-state index in [0.29, 0.717) is 12.2 Å². The molecule has 0 aliphatic carbocycles. The van der Waals surface area contributed by atoms with Gasteiger partial charge in [0, 0.05) is 23.1 Å².